The zero-order valence-electron chi connectivity index (χ0n) is 6.30. The summed E-state index contributed by atoms with van der Waals surface area (Å²) in [7, 11) is 0. The van der Waals surface area contributed by atoms with Crippen LogP contribution in [-0.2, 0) is 14.4 Å². The van der Waals surface area contributed by atoms with Crippen molar-refractivity contribution in [3.05, 3.63) is 11.6 Å². The maximum absolute atomic E-state index is 10.4. The van der Waals surface area contributed by atoms with E-state index in [1.54, 1.807) is 0 Å². The Bertz CT molecular complexity index is 315. The smallest absolute Gasteiger partial charge is 0.332 e. The Kier molecular flexibility index (Phi) is 2.05. The number of rotatable bonds is 3. The van der Waals surface area contributed by atoms with E-state index in [4.69, 9.17) is 15.3 Å². The molecule has 1 aliphatic carbocycles. The molecule has 3 N–H and O–H groups in total. The van der Waals surface area contributed by atoms with Gasteiger partial charge >= 0.3 is 17.9 Å². The molecule has 0 spiro atoms. The van der Waals surface area contributed by atoms with Crippen molar-refractivity contribution in [3.63, 3.8) is 0 Å². The molecular weight excluding hydrogens is 180 g/mol. The maximum atomic E-state index is 10.4. The molecule has 1 rings (SSSR count). The van der Waals surface area contributed by atoms with Gasteiger partial charge in [-0.15, -0.1) is 0 Å². The van der Waals surface area contributed by atoms with Gasteiger partial charge in [-0.3, -0.25) is 9.59 Å². The standard InChI is InChI=1S/C7H6O6/c8-5(9)2-1-3(6(10)11)4(2)7(12)13/h1-2,4H,(H,8,9)(H,10,11)(H,12,13). The van der Waals surface area contributed by atoms with Gasteiger partial charge in [0.05, 0.1) is 5.92 Å². The van der Waals surface area contributed by atoms with Gasteiger partial charge in [0.25, 0.3) is 0 Å². The topological polar surface area (TPSA) is 112 Å². The van der Waals surface area contributed by atoms with Gasteiger partial charge in [-0.1, -0.05) is 6.08 Å². The molecule has 0 aromatic rings. The average molecular weight is 186 g/mol. The molecule has 2 unspecified atom stereocenters. The van der Waals surface area contributed by atoms with Crippen molar-refractivity contribution in [2.24, 2.45) is 11.8 Å². The number of hydrogen-bond donors (Lipinski definition) is 3. The fourth-order valence-corrected chi connectivity index (χ4v) is 1.17. The van der Waals surface area contributed by atoms with Crippen molar-refractivity contribution in [3.8, 4) is 0 Å². The van der Waals surface area contributed by atoms with E-state index in [0.717, 1.165) is 6.08 Å². The molecule has 0 saturated heterocycles. The highest BCUT2D eigenvalue weighted by atomic mass is 16.4. The maximum Gasteiger partial charge on any atom is 0.332 e. The predicted molar refractivity (Wildman–Crippen MR) is 38.0 cm³/mol. The van der Waals surface area contributed by atoms with E-state index in [0.29, 0.717) is 0 Å². The van der Waals surface area contributed by atoms with Gasteiger partial charge in [-0.2, -0.15) is 0 Å². The first-order chi connectivity index (χ1) is 5.95. The van der Waals surface area contributed by atoms with Crippen LogP contribution in [0.2, 0.25) is 0 Å². The largest absolute Gasteiger partial charge is 0.481 e. The molecule has 0 aromatic carbocycles. The Morgan fingerprint density at radius 3 is 1.92 bits per heavy atom. The highest BCUT2D eigenvalue weighted by Crippen LogP contribution is 2.34. The number of carbonyl (C=O) groups is 3. The molecule has 70 valence electrons. The molecule has 0 aromatic heterocycles. The first-order valence-corrected chi connectivity index (χ1v) is 3.35. The van der Waals surface area contributed by atoms with E-state index in [1.807, 2.05) is 0 Å². The van der Waals surface area contributed by atoms with E-state index >= 15 is 0 Å². The van der Waals surface area contributed by atoms with E-state index < -0.39 is 29.7 Å². The average Bonchev–Trinajstić information content (AvgIpc) is 1.79. The molecule has 0 saturated carbocycles. The minimum atomic E-state index is -1.42. The minimum absolute atomic E-state index is 0.361. The summed E-state index contributed by atoms with van der Waals surface area (Å²) in [5, 5.41) is 25.4. The lowest BCUT2D eigenvalue weighted by atomic mass is 9.74. The Morgan fingerprint density at radius 2 is 1.62 bits per heavy atom. The third-order valence-corrected chi connectivity index (χ3v) is 1.85. The summed E-state index contributed by atoms with van der Waals surface area (Å²) in [5.74, 6) is -6.77. The van der Waals surface area contributed by atoms with Crippen LogP contribution >= 0.6 is 0 Å². The normalized spacial score (nSPS) is 25.7. The number of carboxylic acids is 3. The highest BCUT2D eigenvalue weighted by Gasteiger charge is 2.45. The van der Waals surface area contributed by atoms with Gasteiger partial charge in [-0.25, -0.2) is 4.79 Å². The third kappa shape index (κ3) is 1.37. The monoisotopic (exact) mass is 186 g/mol. The second kappa shape index (κ2) is 2.89. The summed E-state index contributed by atoms with van der Waals surface area (Å²) in [4.78, 5) is 31.1. The zero-order valence-corrected chi connectivity index (χ0v) is 6.30. The lowest BCUT2D eigenvalue weighted by molar-refractivity contribution is -0.153. The van der Waals surface area contributed by atoms with E-state index in [1.165, 1.54) is 0 Å². The minimum Gasteiger partial charge on any atom is -0.481 e. The molecule has 0 radical (unpaired) electrons. The van der Waals surface area contributed by atoms with Gasteiger partial charge in [0.15, 0.2) is 0 Å². The Hall–Kier alpha value is -1.85. The molecule has 6 nitrogen and oxygen atoms in total. The first-order valence-electron chi connectivity index (χ1n) is 3.35. The second-order valence-electron chi connectivity index (χ2n) is 2.61. The van der Waals surface area contributed by atoms with Crippen molar-refractivity contribution in [2.75, 3.05) is 0 Å². The summed E-state index contributed by atoms with van der Waals surface area (Å²) in [6.45, 7) is 0. The Morgan fingerprint density at radius 1 is 1.08 bits per heavy atom. The lowest BCUT2D eigenvalue weighted by Crippen LogP contribution is -2.40. The van der Waals surface area contributed by atoms with Crippen molar-refractivity contribution in [2.45, 2.75) is 0 Å². The fraction of sp³-hybridized carbons (Fsp3) is 0.286. The molecule has 0 fully saturated rings. The fourth-order valence-electron chi connectivity index (χ4n) is 1.17. The number of carboxylic acid groups (broad SMARTS) is 3. The van der Waals surface area contributed by atoms with Crippen molar-refractivity contribution in [1.82, 2.24) is 0 Å². The highest BCUT2D eigenvalue weighted by molar-refractivity contribution is 6.00. The zero-order chi connectivity index (χ0) is 10.2. The SMILES string of the molecule is O=C(O)C1=CC(C(=O)O)C1C(=O)O. The van der Waals surface area contributed by atoms with E-state index in [2.05, 4.69) is 0 Å². The van der Waals surface area contributed by atoms with Gasteiger partial charge in [0.2, 0.25) is 0 Å². The van der Waals surface area contributed by atoms with Crippen LogP contribution in [0.5, 0.6) is 0 Å². The third-order valence-electron chi connectivity index (χ3n) is 1.85. The molecule has 0 amide bonds. The van der Waals surface area contributed by atoms with Gasteiger partial charge in [0, 0.05) is 5.57 Å². The molecule has 1 aliphatic rings. The molecule has 0 bridgehead atoms. The Labute approximate surface area is 72.1 Å². The molecule has 2 atom stereocenters. The van der Waals surface area contributed by atoms with Crippen molar-refractivity contribution < 1.29 is 29.7 Å². The number of hydrogen-bond acceptors (Lipinski definition) is 3. The summed E-state index contributed by atoms with van der Waals surface area (Å²) >= 11 is 0. The van der Waals surface area contributed by atoms with Gasteiger partial charge in [-0.05, 0) is 0 Å². The molecular formula is C7H6O6. The second-order valence-corrected chi connectivity index (χ2v) is 2.61. The van der Waals surface area contributed by atoms with Crippen LogP contribution in [0.4, 0.5) is 0 Å². The molecule has 13 heavy (non-hydrogen) atoms. The van der Waals surface area contributed by atoms with E-state index in [-0.39, 0.29) is 5.57 Å². The van der Waals surface area contributed by atoms with Crippen LogP contribution in [-0.4, -0.2) is 33.2 Å². The van der Waals surface area contributed by atoms with Crippen LogP contribution < -0.4 is 0 Å². The molecule has 0 heterocycles. The van der Waals surface area contributed by atoms with Crippen LogP contribution in [0.1, 0.15) is 0 Å². The number of aliphatic carboxylic acids is 3. The lowest BCUT2D eigenvalue weighted by Gasteiger charge is -2.26. The van der Waals surface area contributed by atoms with Crippen LogP contribution in [0.25, 0.3) is 0 Å². The summed E-state index contributed by atoms with van der Waals surface area (Å²) < 4.78 is 0. The molecule has 0 aliphatic heterocycles. The predicted octanol–water partition coefficient (Wildman–Crippen LogP) is -0.587. The van der Waals surface area contributed by atoms with Crippen molar-refractivity contribution in [1.29, 1.82) is 0 Å². The quantitative estimate of drug-likeness (QED) is 0.543. The van der Waals surface area contributed by atoms with E-state index in [9.17, 15) is 14.4 Å². The van der Waals surface area contributed by atoms with Crippen LogP contribution in [0.15, 0.2) is 11.6 Å². The molecule has 6 heteroatoms. The first kappa shape index (κ1) is 9.24. The van der Waals surface area contributed by atoms with Crippen molar-refractivity contribution >= 4 is 17.9 Å². The summed E-state index contributed by atoms with van der Waals surface area (Å²) in [5.41, 5.74) is -0.361. The van der Waals surface area contributed by atoms with Gasteiger partial charge in [0.1, 0.15) is 5.92 Å². The van der Waals surface area contributed by atoms with Crippen LogP contribution in [0.3, 0.4) is 0 Å². The van der Waals surface area contributed by atoms with Gasteiger partial charge < -0.3 is 15.3 Å². The summed E-state index contributed by atoms with van der Waals surface area (Å²) in [6, 6.07) is 0. The summed E-state index contributed by atoms with van der Waals surface area (Å²) in [6.07, 6.45) is 0.934. The van der Waals surface area contributed by atoms with Crippen LogP contribution in [0, 0.1) is 11.8 Å². The Balaban J connectivity index is 2.92.